The Balaban J connectivity index is 1.97. The van der Waals surface area contributed by atoms with Gasteiger partial charge in [0.05, 0.1) is 17.6 Å². The van der Waals surface area contributed by atoms with E-state index in [1.54, 1.807) is 12.1 Å². The van der Waals surface area contributed by atoms with Crippen LogP contribution in [0.4, 0.5) is 11.4 Å². The van der Waals surface area contributed by atoms with E-state index in [1.165, 1.54) is 12.1 Å². The number of rotatable bonds is 4. The van der Waals surface area contributed by atoms with Crippen LogP contribution in [0.5, 0.6) is 0 Å². The average Bonchev–Trinajstić information content (AvgIpc) is 2.75. The quantitative estimate of drug-likeness (QED) is 0.614. The second kappa shape index (κ2) is 5.77. The number of nitro benzene ring substituents is 1. The van der Waals surface area contributed by atoms with Crippen LogP contribution in [0.1, 0.15) is 6.42 Å². The van der Waals surface area contributed by atoms with Crippen molar-refractivity contribution in [3.63, 3.8) is 0 Å². The first-order valence-corrected chi connectivity index (χ1v) is 6.00. The zero-order valence-corrected chi connectivity index (χ0v) is 10.3. The lowest BCUT2D eigenvalue weighted by molar-refractivity contribution is -0.383. The van der Waals surface area contributed by atoms with E-state index in [2.05, 4.69) is 5.32 Å². The Hall–Kier alpha value is -1.99. The molecule has 102 valence electrons. The fourth-order valence-electron chi connectivity index (χ4n) is 2.09. The Labute approximate surface area is 110 Å². The van der Waals surface area contributed by atoms with E-state index < -0.39 is 4.92 Å². The van der Waals surface area contributed by atoms with Gasteiger partial charge in [-0.05, 0) is 12.5 Å². The molecule has 0 spiro atoms. The Bertz CT molecular complexity index is 492. The standard InChI is InChI=1S/C12H15N3O4/c16-9-5-6-14(7-9)8-12(17)13-10-3-1-2-4-11(10)15(18)19/h1-4,9,16H,5-8H2,(H,13,17)/t9-/m0/s1. The first-order chi connectivity index (χ1) is 9.06. The van der Waals surface area contributed by atoms with Crippen molar-refractivity contribution in [3.8, 4) is 0 Å². The zero-order chi connectivity index (χ0) is 13.8. The molecular weight excluding hydrogens is 250 g/mol. The maximum absolute atomic E-state index is 11.8. The van der Waals surface area contributed by atoms with Crippen molar-refractivity contribution in [2.75, 3.05) is 25.0 Å². The summed E-state index contributed by atoms with van der Waals surface area (Å²) in [7, 11) is 0. The summed E-state index contributed by atoms with van der Waals surface area (Å²) in [5.74, 6) is -0.316. The van der Waals surface area contributed by atoms with Gasteiger partial charge in [-0.25, -0.2) is 0 Å². The smallest absolute Gasteiger partial charge is 0.292 e. The molecule has 1 atom stereocenters. The van der Waals surface area contributed by atoms with Crippen LogP contribution in [-0.2, 0) is 4.79 Å². The highest BCUT2D eigenvalue weighted by Gasteiger charge is 2.23. The Morgan fingerprint density at radius 2 is 2.26 bits per heavy atom. The summed E-state index contributed by atoms with van der Waals surface area (Å²) in [6.07, 6.45) is 0.262. The highest BCUT2D eigenvalue weighted by molar-refractivity contribution is 5.94. The van der Waals surface area contributed by atoms with Gasteiger partial charge in [0.15, 0.2) is 0 Å². The Morgan fingerprint density at radius 3 is 2.89 bits per heavy atom. The van der Waals surface area contributed by atoms with Gasteiger partial charge in [0.1, 0.15) is 5.69 Å². The molecule has 0 radical (unpaired) electrons. The molecule has 2 N–H and O–H groups in total. The number of nitrogens with one attached hydrogen (secondary N) is 1. The van der Waals surface area contributed by atoms with Crippen LogP contribution in [0.2, 0.25) is 0 Å². The van der Waals surface area contributed by atoms with Gasteiger partial charge in [0.25, 0.3) is 5.69 Å². The highest BCUT2D eigenvalue weighted by Crippen LogP contribution is 2.23. The molecule has 0 saturated carbocycles. The number of nitro groups is 1. The van der Waals surface area contributed by atoms with Crippen molar-refractivity contribution >= 4 is 17.3 Å². The molecule has 1 aromatic carbocycles. The molecule has 19 heavy (non-hydrogen) atoms. The number of para-hydroxylation sites is 2. The molecular formula is C12H15N3O4. The number of nitrogens with zero attached hydrogens (tertiary/aromatic N) is 2. The molecule has 1 saturated heterocycles. The van der Waals surface area contributed by atoms with E-state index in [1.807, 2.05) is 4.90 Å². The molecule has 1 heterocycles. The highest BCUT2D eigenvalue weighted by atomic mass is 16.6. The van der Waals surface area contributed by atoms with Crippen LogP contribution >= 0.6 is 0 Å². The third kappa shape index (κ3) is 3.49. The molecule has 0 aromatic heterocycles. The van der Waals surface area contributed by atoms with Gasteiger partial charge < -0.3 is 10.4 Å². The second-order valence-corrected chi connectivity index (χ2v) is 4.50. The molecule has 1 aromatic rings. The molecule has 0 unspecified atom stereocenters. The summed E-state index contributed by atoms with van der Waals surface area (Å²) in [4.78, 5) is 23.9. The number of likely N-dealkylation sites (tertiary alicyclic amines) is 1. The largest absolute Gasteiger partial charge is 0.392 e. The normalized spacial score (nSPS) is 19.3. The fraction of sp³-hybridized carbons (Fsp3) is 0.417. The SMILES string of the molecule is O=C(CN1CC[C@H](O)C1)Nc1ccccc1[N+](=O)[O-]. The van der Waals surface area contributed by atoms with Crippen molar-refractivity contribution in [2.24, 2.45) is 0 Å². The molecule has 2 rings (SSSR count). The first kappa shape index (κ1) is 13.4. The monoisotopic (exact) mass is 265 g/mol. The van der Waals surface area contributed by atoms with Gasteiger partial charge in [0, 0.05) is 19.2 Å². The first-order valence-electron chi connectivity index (χ1n) is 6.00. The number of carbonyl (C=O) groups is 1. The lowest BCUT2D eigenvalue weighted by Gasteiger charge is -2.14. The van der Waals surface area contributed by atoms with Crippen LogP contribution in [0.15, 0.2) is 24.3 Å². The van der Waals surface area contributed by atoms with Gasteiger partial charge >= 0.3 is 0 Å². The van der Waals surface area contributed by atoms with Crippen LogP contribution in [0, 0.1) is 10.1 Å². The van der Waals surface area contributed by atoms with E-state index in [0.717, 1.165) is 0 Å². The fourth-order valence-corrected chi connectivity index (χ4v) is 2.09. The number of hydrogen-bond acceptors (Lipinski definition) is 5. The van der Waals surface area contributed by atoms with Crippen molar-refractivity contribution in [3.05, 3.63) is 34.4 Å². The molecule has 7 heteroatoms. The van der Waals surface area contributed by atoms with Gasteiger partial charge in [-0.15, -0.1) is 0 Å². The maximum atomic E-state index is 11.8. The summed E-state index contributed by atoms with van der Waals surface area (Å²) in [6.45, 7) is 1.25. The van der Waals surface area contributed by atoms with Crippen molar-refractivity contribution in [1.29, 1.82) is 0 Å². The molecule has 7 nitrogen and oxygen atoms in total. The maximum Gasteiger partial charge on any atom is 0.292 e. The molecule has 1 aliphatic rings. The Morgan fingerprint density at radius 1 is 1.53 bits per heavy atom. The van der Waals surface area contributed by atoms with Gasteiger partial charge in [0.2, 0.25) is 5.91 Å². The summed E-state index contributed by atoms with van der Waals surface area (Å²) in [6, 6.07) is 6.01. The average molecular weight is 265 g/mol. The van der Waals surface area contributed by atoms with Crippen molar-refractivity contribution in [2.45, 2.75) is 12.5 Å². The third-order valence-corrected chi connectivity index (χ3v) is 2.99. The minimum atomic E-state index is -0.533. The topological polar surface area (TPSA) is 95.7 Å². The number of anilines is 1. The van der Waals surface area contributed by atoms with Gasteiger partial charge in [-0.2, -0.15) is 0 Å². The van der Waals surface area contributed by atoms with E-state index in [0.29, 0.717) is 19.5 Å². The van der Waals surface area contributed by atoms with Crippen LogP contribution in [0.25, 0.3) is 0 Å². The molecule has 0 aliphatic carbocycles. The van der Waals surface area contributed by atoms with E-state index in [4.69, 9.17) is 0 Å². The summed E-state index contributed by atoms with van der Waals surface area (Å²) in [5, 5.41) is 22.7. The summed E-state index contributed by atoms with van der Waals surface area (Å²) >= 11 is 0. The van der Waals surface area contributed by atoms with Crippen LogP contribution in [0.3, 0.4) is 0 Å². The van der Waals surface area contributed by atoms with Gasteiger partial charge in [-0.1, -0.05) is 12.1 Å². The molecule has 1 fully saturated rings. The zero-order valence-electron chi connectivity index (χ0n) is 10.3. The number of amides is 1. The number of aliphatic hydroxyl groups is 1. The lowest BCUT2D eigenvalue weighted by atomic mass is 10.2. The van der Waals surface area contributed by atoms with Crippen molar-refractivity contribution < 1.29 is 14.8 Å². The predicted octanol–water partition coefficient (Wildman–Crippen LogP) is 0.600. The van der Waals surface area contributed by atoms with E-state index >= 15 is 0 Å². The van der Waals surface area contributed by atoms with Crippen LogP contribution < -0.4 is 5.32 Å². The number of aliphatic hydroxyl groups excluding tert-OH is 1. The Kier molecular flexibility index (Phi) is 4.08. The van der Waals surface area contributed by atoms with Gasteiger partial charge in [-0.3, -0.25) is 19.8 Å². The lowest BCUT2D eigenvalue weighted by Crippen LogP contribution is -2.32. The van der Waals surface area contributed by atoms with Crippen LogP contribution in [-0.4, -0.2) is 46.6 Å². The minimum absolute atomic E-state index is 0.127. The van der Waals surface area contributed by atoms with Crippen molar-refractivity contribution in [1.82, 2.24) is 4.90 Å². The predicted molar refractivity (Wildman–Crippen MR) is 68.8 cm³/mol. The number of carbonyl (C=O) groups excluding carboxylic acids is 1. The molecule has 1 amide bonds. The van der Waals surface area contributed by atoms with E-state index in [9.17, 15) is 20.0 Å². The number of benzene rings is 1. The molecule has 1 aliphatic heterocycles. The molecule has 0 bridgehead atoms. The second-order valence-electron chi connectivity index (χ2n) is 4.50. The number of hydrogen-bond donors (Lipinski definition) is 2. The van der Waals surface area contributed by atoms with E-state index in [-0.39, 0.29) is 29.9 Å². The minimum Gasteiger partial charge on any atom is -0.392 e. The number of β-amino-alcohol motifs (C(OH)–C–C–N with tert-alkyl or cyclic N) is 1. The third-order valence-electron chi connectivity index (χ3n) is 2.99. The summed E-state index contributed by atoms with van der Waals surface area (Å²) in [5.41, 5.74) is 0.0644. The summed E-state index contributed by atoms with van der Waals surface area (Å²) < 4.78 is 0.